The number of amides is 2. The zero-order chi connectivity index (χ0) is 13.0. The number of rotatable bonds is 2. The normalized spacial score (nSPS) is 23.1. The number of likely N-dealkylation sites (N-methyl/N-ethyl adjacent to an activating group) is 1. The Hall–Kier alpha value is -1.10. The highest BCUT2D eigenvalue weighted by Crippen LogP contribution is 2.11. The van der Waals surface area contributed by atoms with Crippen LogP contribution in [0.2, 0.25) is 0 Å². The van der Waals surface area contributed by atoms with E-state index in [1.54, 1.807) is 4.90 Å². The minimum absolute atomic E-state index is 0.110. The summed E-state index contributed by atoms with van der Waals surface area (Å²) in [7, 11) is 2.07. The molecule has 0 spiro atoms. The van der Waals surface area contributed by atoms with E-state index in [9.17, 15) is 9.59 Å². The summed E-state index contributed by atoms with van der Waals surface area (Å²) in [6.07, 6.45) is 3.71. The second-order valence-corrected chi connectivity index (χ2v) is 5.31. The van der Waals surface area contributed by atoms with Gasteiger partial charge in [0.15, 0.2) is 0 Å². The number of hydrogen-bond donors (Lipinski definition) is 0. The Morgan fingerprint density at radius 2 is 1.78 bits per heavy atom. The molecule has 0 unspecified atom stereocenters. The Kier molecular flexibility index (Phi) is 4.58. The first-order valence-corrected chi connectivity index (χ1v) is 6.91. The Balaban J connectivity index is 1.84. The van der Waals surface area contributed by atoms with Crippen molar-refractivity contribution in [2.45, 2.75) is 25.7 Å². The lowest BCUT2D eigenvalue weighted by Gasteiger charge is -2.33. The van der Waals surface area contributed by atoms with E-state index in [0.717, 1.165) is 52.0 Å². The van der Waals surface area contributed by atoms with E-state index >= 15 is 0 Å². The Bertz CT molecular complexity index is 311. The molecule has 2 heterocycles. The summed E-state index contributed by atoms with van der Waals surface area (Å²) in [6.45, 7) is 4.47. The fourth-order valence-electron chi connectivity index (χ4n) is 2.52. The van der Waals surface area contributed by atoms with Crippen LogP contribution in [0.4, 0.5) is 0 Å². The van der Waals surface area contributed by atoms with E-state index in [-0.39, 0.29) is 18.4 Å². The second-order valence-electron chi connectivity index (χ2n) is 5.31. The first-order chi connectivity index (χ1) is 8.66. The Morgan fingerprint density at radius 1 is 1.06 bits per heavy atom. The van der Waals surface area contributed by atoms with Crippen LogP contribution < -0.4 is 0 Å². The van der Waals surface area contributed by atoms with Crippen LogP contribution in [0.25, 0.3) is 0 Å². The van der Waals surface area contributed by atoms with Gasteiger partial charge in [0.2, 0.25) is 11.8 Å². The molecule has 0 bridgehead atoms. The minimum atomic E-state index is 0.110. The van der Waals surface area contributed by atoms with Crippen molar-refractivity contribution in [1.29, 1.82) is 0 Å². The molecule has 2 rings (SSSR count). The van der Waals surface area contributed by atoms with Gasteiger partial charge < -0.3 is 14.7 Å². The van der Waals surface area contributed by atoms with Crippen LogP contribution >= 0.6 is 0 Å². The van der Waals surface area contributed by atoms with Crippen LogP contribution in [0.1, 0.15) is 25.7 Å². The van der Waals surface area contributed by atoms with Crippen LogP contribution in [0.15, 0.2) is 0 Å². The van der Waals surface area contributed by atoms with E-state index < -0.39 is 0 Å². The molecule has 2 amide bonds. The van der Waals surface area contributed by atoms with Gasteiger partial charge in [0, 0.05) is 39.1 Å². The average molecular weight is 253 g/mol. The molecule has 0 aromatic carbocycles. The van der Waals surface area contributed by atoms with Gasteiger partial charge in [0.25, 0.3) is 0 Å². The molecule has 0 N–H and O–H groups in total. The third-order valence-corrected chi connectivity index (χ3v) is 3.85. The molecular weight excluding hydrogens is 230 g/mol. The van der Waals surface area contributed by atoms with Crippen molar-refractivity contribution in [3.05, 3.63) is 0 Å². The maximum atomic E-state index is 12.1. The highest BCUT2D eigenvalue weighted by Gasteiger charge is 2.24. The lowest BCUT2D eigenvalue weighted by molar-refractivity contribution is -0.141. The lowest BCUT2D eigenvalue weighted by Crippen LogP contribution is -2.50. The molecule has 18 heavy (non-hydrogen) atoms. The summed E-state index contributed by atoms with van der Waals surface area (Å²) in [5.74, 6) is 0.258. The first-order valence-electron chi connectivity index (χ1n) is 6.91. The molecule has 0 atom stereocenters. The summed E-state index contributed by atoms with van der Waals surface area (Å²) >= 11 is 0. The van der Waals surface area contributed by atoms with E-state index in [1.165, 1.54) is 0 Å². The largest absolute Gasteiger partial charge is 0.339 e. The zero-order valence-corrected chi connectivity index (χ0v) is 11.2. The van der Waals surface area contributed by atoms with Crippen LogP contribution in [0, 0.1) is 0 Å². The number of carbonyl (C=O) groups is 2. The van der Waals surface area contributed by atoms with E-state index in [2.05, 4.69) is 11.9 Å². The predicted molar refractivity (Wildman–Crippen MR) is 69.1 cm³/mol. The highest BCUT2D eigenvalue weighted by atomic mass is 16.2. The lowest BCUT2D eigenvalue weighted by atomic mass is 10.2. The minimum Gasteiger partial charge on any atom is -0.339 e. The first kappa shape index (κ1) is 13.3. The van der Waals surface area contributed by atoms with Gasteiger partial charge in [-0.05, 0) is 19.9 Å². The second kappa shape index (κ2) is 6.18. The molecule has 102 valence electrons. The molecule has 2 saturated heterocycles. The Morgan fingerprint density at radius 3 is 2.50 bits per heavy atom. The maximum Gasteiger partial charge on any atom is 0.242 e. The molecule has 5 nitrogen and oxygen atoms in total. The summed E-state index contributed by atoms with van der Waals surface area (Å²) in [6, 6.07) is 0. The third kappa shape index (κ3) is 3.45. The van der Waals surface area contributed by atoms with Crippen molar-refractivity contribution in [2.75, 3.05) is 46.3 Å². The summed E-state index contributed by atoms with van der Waals surface area (Å²) in [5, 5.41) is 0. The Labute approximate surface area is 109 Å². The van der Waals surface area contributed by atoms with Gasteiger partial charge in [0.1, 0.15) is 0 Å². The smallest absolute Gasteiger partial charge is 0.242 e. The number of carbonyl (C=O) groups excluding carboxylic acids is 2. The van der Waals surface area contributed by atoms with Gasteiger partial charge in [0.05, 0.1) is 6.54 Å². The SMILES string of the molecule is CN1CCN(C(=O)CN2CCCCCC2=O)CC1. The van der Waals surface area contributed by atoms with Crippen molar-refractivity contribution >= 4 is 11.8 Å². The van der Waals surface area contributed by atoms with Gasteiger partial charge >= 0.3 is 0 Å². The number of hydrogen-bond acceptors (Lipinski definition) is 3. The molecule has 2 aliphatic heterocycles. The molecule has 0 saturated carbocycles. The molecule has 2 fully saturated rings. The quantitative estimate of drug-likeness (QED) is 0.704. The van der Waals surface area contributed by atoms with E-state index in [4.69, 9.17) is 0 Å². The monoisotopic (exact) mass is 253 g/mol. The zero-order valence-electron chi connectivity index (χ0n) is 11.2. The van der Waals surface area contributed by atoms with Crippen LogP contribution in [0.3, 0.4) is 0 Å². The summed E-state index contributed by atoms with van der Waals surface area (Å²) < 4.78 is 0. The van der Waals surface area contributed by atoms with Crippen LogP contribution in [0.5, 0.6) is 0 Å². The van der Waals surface area contributed by atoms with E-state index in [0.29, 0.717) is 6.42 Å². The third-order valence-electron chi connectivity index (χ3n) is 3.85. The molecule has 5 heteroatoms. The summed E-state index contributed by atoms with van der Waals surface area (Å²) in [5.41, 5.74) is 0. The van der Waals surface area contributed by atoms with Gasteiger partial charge in [-0.1, -0.05) is 6.42 Å². The molecule has 0 aromatic rings. The number of likely N-dealkylation sites (tertiary alicyclic amines) is 1. The standard InChI is InChI=1S/C13H23N3O2/c1-14-7-9-15(10-8-14)13(18)11-16-6-4-2-3-5-12(16)17/h2-11H2,1H3. The molecular formula is C13H23N3O2. The van der Waals surface area contributed by atoms with Crippen molar-refractivity contribution in [2.24, 2.45) is 0 Å². The summed E-state index contributed by atoms with van der Waals surface area (Å²) in [4.78, 5) is 29.8. The van der Waals surface area contributed by atoms with Gasteiger partial charge in [-0.15, -0.1) is 0 Å². The van der Waals surface area contributed by atoms with Crippen LogP contribution in [-0.2, 0) is 9.59 Å². The average Bonchev–Trinajstić information content (AvgIpc) is 2.56. The topological polar surface area (TPSA) is 43.9 Å². The number of nitrogens with zero attached hydrogens (tertiary/aromatic N) is 3. The van der Waals surface area contributed by atoms with Crippen LogP contribution in [-0.4, -0.2) is 72.8 Å². The van der Waals surface area contributed by atoms with Gasteiger partial charge in [-0.2, -0.15) is 0 Å². The van der Waals surface area contributed by atoms with Crippen molar-refractivity contribution < 1.29 is 9.59 Å². The van der Waals surface area contributed by atoms with Gasteiger partial charge in [-0.25, -0.2) is 0 Å². The van der Waals surface area contributed by atoms with E-state index in [1.807, 2.05) is 4.90 Å². The number of piperazine rings is 1. The predicted octanol–water partition coefficient (Wildman–Crippen LogP) is 0.163. The maximum absolute atomic E-state index is 12.1. The van der Waals surface area contributed by atoms with Crippen molar-refractivity contribution in [3.63, 3.8) is 0 Å². The fourth-order valence-corrected chi connectivity index (χ4v) is 2.52. The molecule has 0 aromatic heterocycles. The van der Waals surface area contributed by atoms with Gasteiger partial charge in [-0.3, -0.25) is 9.59 Å². The molecule has 0 radical (unpaired) electrons. The fraction of sp³-hybridized carbons (Fsp3) is 0.846. The molecule has 0 aliphatic carbocycles. The molecule has 2 aliphatic rings. The highest BCUT2D eigenvalue weighted by molar-refractivity contribution is 5.85. The van der Waals surface area contributed by atoms with Crippen molar-refractivity contribution in [1.82, 2.24) is 14.7 Å². The van der Waals surface area contributed by atoms with Crippen molar-refractivity contribution in [3.8, 4) is 0 Å².